The molecule has 1 amide bonds. The summed E-state index contributed by atoms with van der Waals surface area (Å²) in [5.74, 6) is 1.10. The fraction of sp³-hybridized carbons (Fsp3) is 0.278. The topological polar surface area (TPSA) is 59.6 Å². The number of carbonyl (C=O) groups excluding carboxylic acids is 1. The lowest BCUT2D eigenvalue weighted by atomic mass is 10.1. The van der Waals surface area contributed by atoms with E-state index in [0.717, 1.165) is 16.8 Å². The molecule has 0 saturated heterocycles. The molecule has 5 nitrogen and oxygen atoms in total. The van der Waals surface area contributed by atoms with Crippen LogP contribution in [0, 0.1) is 13.8 Å². The Balaban J connectivity index is 1.64. The second-order valence-corrected chi connectivity index (χ2v) is 6.10. The third-order valence-electron chi connectivity index (χ3n) is 3.73. The molecule has 0 aromatic heterocycles. The summed E-state index contributed by atoms with van der Waals surface area (Å²) >= 11 is 6.22. The highest BCUT2D eigenvalue weighted by atomic mass is 35.5. The molecule has 2 aromatic carbocycles. The van der Waals surface area contributed by atoms with E-state index in [-0.39, 0.29) is 12.5 Å². The van der Waals surface area contributed by atoms with Crippen molar-refractivity contribution in [2.24, 2.45) is 0 Å². The number of benzene rings is 2. The number of aryl methyl sites for hydroxylation is 2. The molecule has 0 radical (unpaired) electrons. The van der Waals surface area contributed by atoms with E-state index in [2.05, 4.69) is 10.6 Å². The highest BCUT2D eigenvalue weighted by Gasteiger charge is 2.15. The van der Waals surface area contributed by atoms with Crippen LogP contribution in [-0.4, -0.2) is 25.7 Å². The fourth-order valence-corrected chi connectivity index (χ4v) is 2.74. The Hall–Kier alpha value is -2.40. The molecule has 1 heterocycles. The fourth-order valence-electron chi connectivity index (χ4n) is 2.52. The highest BCUT2D eigenvalue weighted by molar-refractivity contribution is 6.33. The molecule has 1 aliphatic rings. The zero-order valence-electron chi connectivity index (χ0n) is 13.6. The Morgan fingerprint density at radius 3 is 2.50 bits per heavy atom. The summed E-state index contributed by atoms with van der Waals surface area (Å²) in [5, 5.41) is 6.41. The van der Waals surface area contributed by atoms with Gasteiger partial charge < -0.3 is 20.1 Å². The average molecular weight is 347 g/mol. The Bertz CT molecular complexity index is 777. The minimum absolute atomic E-state index is 0.104. The molecule has 0 aliphatic carbocycles. The number of rotatable bonds is 4. The second-order valence-electron chi connectivity index (χ2n) is 5.70. The first kappa shape index (κ1) is 16.5. The number of amides is 1. The van der Waals surface area contributed by atoms with Gasteiger partial charge in [-0.2, -0.15) is 0 Å². The number of nitrogens with one attached hydrogen (secondary N) is 2. The van der Waals surface area contributed by atoms with Gasteiger partial charge in [-0.1, -0.05) is 29.3 Å². The van der Waals surface area contributed by atoms with Gasteiger partial charge in [-0.3, -0.25) is 4.79 Å². The first-order valence-electron chi connectivity index (χ1n) is 7.73. The van der Waals surface area contributed by atoms with E-state index >= 15 is 0 Å². The number of halogens is 1. The summed E-state index contributed by atoms with van der Waals surface area (Å²) in [6.45, 7) is 5.10. The third kappa shape index (κ3) is 3.74. The van der Waals surface area contributed by atoms with Crippen molar-refractivity contribution < 1.29 is 14.3 Å². The van der Waals surface area contributed by atoms with Crippen LogP contribution >= 0.6 is 11.6 Å². The van der Waals surface area contributed by atoms with Gasteiger partial charge in [0, 0.05) is 17.8 Å². The van der Waals surface area contributed by atoms with Crippen molar-refractivity contribution in [3.8, 4) is 11.5 Å². The third-order valence-corrected chi connectivity index (χ3v) is 4.04. The van der Waals surface area contributed by atoms with Gasteiger partial charge >= 0.3 is 0 Å². The van der Waals surface area contributed by atoms with Crippen LogP contribution < -0.4 is 20.1 Å². The summed E-state index contributed by atoms with van der Waals surface area (Å²) in [4.78, 5) is 12.2. The summed E-state index contributed by atoms with van der Waals surface area (Å²) in [6, 6.07) is 9.34. The van der Waals surface area contributed by atoms with E-state index in [1.54, 1.807) is 12.1 Å². The zero-order chi connectivity index (χ0) is 17.1. The molecule has 0 bridgehead atoms. The predicted octanol–water partition coefficient (Wildman–Crippen LogP) is 3.78. The van der Waals surface area contributed by atoms with E-state index in [9.17, 15) is 4.79 Å². The number of carbonyl (C=O) groups is 1. The van der Waals surface area contributed by atoms with E-state index in [1.165, 1.54) is 0 Å². The van der Waals surface area contributed by atoms with Crippen LogP contribution in [0.2, 0.25) is 5.02 Å². The molecule has 2 aromatic rings. The molecule has 0 atom stereocenters. The van der Waals surface area contributed by atoms with Crippen molar-refractivity contribution in [2.75, 3.05) is 30.4 Å². The molecule has 3 rings (SSSR count). The van der Waals surface area contributed by atoms with E-state index in [1.807, 2.05) is 32.0 Å². The van der Waals surface area contributed by atoms with Gasteiger partial charge in [-0.15, -0.1) is 0 Å². The van der Waals surface area contributed by atoms with Crippen molar-refractivity contribution >= 4 is 28.9 Å². The number of anilines is 2. The van der Waals surface area contributed by atoms with E-state index in [0.29, 0.717) is 35.4 Å². The molecular formula is C18H19ClN2O3. The molecule has 0 unspecified atom stereocenters. The largest absolute Gasteiger partial charge is 0.486 e. The SMILES string of the molecule is Cc1ccc(NC(=O)CNc2cc3c(cc2Cl)OCCO3)c(C)c1. The van der Waals surface area contributed by atoms with E-state index < -0.39 is 0 Å². The molecule has 6 heteroatoms. The molecular weight excluding hydrogens is 328 g/mol. The lowest BCUT2D eigenvalue weighted by Gasteiger charge is -2.20. The van der Waals surface area contributed by atoms with Gasteiger partial charge in [0.2, 0.25) is 5.91 Å². The molecule has 126 valence electrons. The Kier molecular flexibility index (Phi) is 4.81. The van der Waals surface area contributed by atoms with Crippen molar-refractivity contribution in [3.63, 3.8) is 0 Å². The summed E-state index contributed by atoms with van der Waals surface area (Å²) in [5.41, 5.74) is 3.63. The van der Waals surface area contributed by atoms with Gasteiger partial charge in [-0.25, -0.2) is 0 Å². The van der Waals surface area contributed by atoms with Crippen LogP contribution in [-0.2, 0) is 4.79 Å². The minimum atomic E-state index is -0.145. The average Bonchev–Trinajstić information content (AvgIpc) is 2.55. The summed E-state index contributed by atoms with van der Waals surface area (Å²) in [6.07, 6.45) is 0. The maximum absolute atomic E-state index is 12.2. The molecule has 0 fully saturated rings. The van der Waals surface area contributed by atoms with Crippen LogP contribution in [0.25, 0.3) is 0 Å². The normalized spacial score (nSPS) is 12.6. The monoisotopic (exact) mass is 346 g/mol. The minimum Gasteiger partial charge on any atom is -0.486 e. The van der Waals surface area contributed by atoms with Gasteiger partial charge in [0.1, 0.15) is 13.2 Å². The Morgan fingerprint density at radius 2 is 1.79 bits per heavy atom. The number of hydrogen-bond acceptors (Lipinski definition) is 4. The van der Waals surface area contributed by atoms with Gasteiger partial charge in [0.25, 0.3) is 0 Å². The molecule has 0 saturated carbocycles. The van der Waals surface area contributed by atoms with Crippen LogP contribution in [0.1, 0.15) is 11.1 Å². The first-order chi connectivity index (χ1) is 11.5. The molecule has 0 spiro atoms. The first-order valence-corrected chi connectivity index (χ1v) is 8.11. The van der Waals surface area contributed by atoms with Crippen LogP contribution in [0.15, 0.2) is 30.3 Å². The van der Waals surface area contributed by atoms with Gasteiger partial charge in [0.05, 0.1) is 17.3 Å². The number of hydrogen-bond donors (Lipinski definition) is 2. The summed E-state index contributed by atoms with van der Waals surface area (Å²) in [7, 11) is 0. The second kappa shape index (κ2) is 7.01. The van der Waals surface area contributed by atoms with E-state index in [4.69, 9.17) is 21.1 Å². The van der Waals surface area contributed by atoms with Gasteiger partial charge in [-0.05, 0) is 25.5 Å². The van der Waals surface area contributed by atoms with Crippen LogP contribution in [0.5, 0.6) is 11.5 Å². The Morgan fingerprint density at radius 1 is 1.08 bits per heavy atom. The Labute approximate surface area is 145 Å². The van der Waals surface area contributed by atoms with Crippen molar-refractivity contribution in [1.29, 1.82) is 0 Å². The smallest absolute Gasteiger partial charge is 0.243 e. The quantitative estimate of drug-likeness (QED) is 0.884. The van der Waals surface area contributed by atoms with Crippen molar-refractivity contribution in [1.82, 2.24) is 0 Å². The molecule has 2 N–H and O–H groups in total. The maximum atomic E-state index is 12.2. The highest BCUT2D eigenvalue weighted by Crippen LogP contribution is 2.37. The standard InChI is InChI=1S/C18H19ClN2O3/c1-11-3-4-14(12(2)7-11)21-18(22)10-20-15-9-17-16(8-13(15)19)23-5-6-24-17/h3-4,7-9,20H,5-6,10H2,1-2H3,(H,21,22). The van der Waals surface area contributed by atoms with Crippen LogP contribution in [0.4, 0.5) is 11.4 Å². The number of ether oxygens (including phenoxy) is 2. The molecule has 1 aliphatic heterocycles. The lowest BCUT2D eigenvalue weighted by Crippen LogP contribution is -2.22. The van der Waals surface area contributed by atoms with Gasteiger partial charge in [0.15, 0.2) is 11.5 Å². The van der Waals surface area contributed by atoms with Crippen LogP contribution in [0.3, 0.4) is 0 Å². The maximum Gasteiger partial charge on any atom is 0.243 e. The van der Waals surface area contributed by atoms with Crippen molar-refractivity contribution in [3.05, 3.63) is 46.5 Å². The predicted molar refractivity (Wildman–Crippen MR) is 95.5 cm³/mol. The summed E-state index contributed by atoms with van der Waals surface area (Å²) < 4.78 is 11.0. The lowest BCUT2D eigenvalue weighted by molar-refractivity contribution is -0.114. The van der Waals surface area contributed by atoms with Crippen molar-refractivity contribution in [2.45, 2.75) is 13.8 Å². The molecule has 24 heavy (non-hydrogen) atoms. The number of fused-ring (bicyclic) bond motifs is 1. The zero-order valence-corrected chi connectivity index (χ0v) is 14.4.